The van der Waals surface area contributed by atoms with Gasteiger partial charge in [-0.25, -0.2) is 4.79 Å². The Morgan fingerprint density at radius 3 is 2.00 bits per heavy atom. The van der Waals surface area contributed by atoms with Gasteiger partial charge in [-0.1, -0.05) is 20.8 Å². The summed E-state index contributed by atoms with van der Waals surface area (Å²) in [5.74, 6) is -1.18. The maximum atomic E-state index is 10.1. The lowest BCUT2D eigenvalue weighted by Gasteiger charge is -2.18. The Bertz CT molecular complexity index is 127. The van der Waals surface area contributed by atoms with Gasteiger partial charge in [0, 0.05) is 4.75 Å². The van der Waals surface area contributed by atoms with Crippen molar-refractivity contribution in [2.75, 3.05) is 0 Å². The molecule has 0 spiro atoms. The van der Waals surface area contributed by atoms with Crippen LogP contribution in [0.3, 0.4) is 0 Å². The summed E-state index contributed by atoms with van der Waals surface area (Å²) in [5.41, 5.74) is -1.31. The van der Waals surface area contributed by atoms with Gasteiger partial charge in [0.1, 0.15) is 0 Å². The van der Waals surface area contributed by atoms with E-state index in [4.69, 9.17) is 10.2 Å². The Balaban J connectivity index is 3.80. The van der Waals surface area contributed by atoms with Gasteiger partial charge in [-0.3, -0.25) is 0 Å². The monoisotopic (exact) mass is 164 g/mol. The van der Waals surface area contributed by atoms with Crippen LogP contribution in [-0.2, 0) is 4.79 Å². The van der Waals surface area contributed by atoms with E-state index in [1.54, 1.807) is 0 Å². The van der Waals surface area contributed by atoms with E-state index in [2.05, 4.69) is 0 Å². The number of aliphatic hydroxyl groups is 1. The summed E-state index contributed by atoms with van der Waals surface area (Å²) in [4.78, 5) is 10.1. The third-order valence-electron chi connectivity index (χ3n) is 0.676. The van der Waals surface area contributed by atoms with Crippen LogP contribution in [0.25, 0.3) is 0 Å². The lowest BCUT2D eigenvalue weighted by molar-refractivity contribution is -0.141. The lowest BCUT2D eigenvalue weighted by atomic mass is 10.3. The van der Waals surface area contributed by atoms with Crippen LogP contribution in [0.15, 0.2) is 0 Å². The number of thioether (sulfide) groups is 1. The fraction of sp³-hybridized carbons (Fsp3) is 0.833. The predicted octanol–water partition coefficient (Wildman–Crippen LogP) is 0.921. The van der Waals surface area contributed by atoms with Crippen LogP contribution >= 0.6 is 11.8 Å². The third kappa shape index (κ3) is 4.64. The second kappa shape index (κ2) is 3.25. The Kier molecular flexibility index (Phi) is 3.18. The average Bonchev–Trinajstić information content (AvgIpc) is 1.60. The second-order valence-corrected chi connectivity index (χ2v) is 4.83. The summed E-state index contributed by atoms with van der Waals surface area (Å²) in [5, 5.41) is 17.1. The van der Waals surface area contributed by atoms with Crippen molar-refractivity contribution in [1.29, 1.82) is 0 Å². The second-order valence-electron chi connectivity index (χ2n) is 2.92. The van der Waals surface area contributed by atoms with E-state index >= 15 is 0 Å². The van der Waals surface area contributed by atoms with E-state index in [9.17, 15) is 4.79 Å². The normalized spacial score (nSPS) is 14.8. The highest BCUT2D eigenvalue weighted by atomic mass is 32.2. The van der Waals surface area contributed by atoms with Crippen LogP contribution in [0.5, 0.6) is 0 Å². The molecule has 0 radical (unpaired) electrons. The standard InChI is InChI=1S/C6H12O3S/c1-6(2,3)10-5(9)4(7)8/h5,9H,1-3H3,(H,7,8). The van der Waals surface area contributed by atoms with Crippen LogP contribution in [0.4, 0.5) is 0 Å². The van der Waals surface area contributed by atoms with Crippen molar-refractivity contribution < 1.29 is 15.0 Å². The molecular weight excluding hydrogens is 152 g/mol. The third-order valence-corrected chi connectivity index (χ3v) is 1.81. The Morgan fingerprint density at radius 1 is 1.50 bits per heavy atom. The summed E-state index contributed by atoms with van der Waals surface area (Å²) in [6.07, 6.45) is 0. The molecule has 0 fully saturated rings. The maximum absolute atomic E-state index is 10.1. The van der Waals surface area contributed by atoms with Gasteiger partial charge in [0.05, 0.1) is 0 Å². The van der Waals surface area contributed by atoms with Gasteiger partial charge >= 0.3 is 5.97 Å². The summed E-state index contributed by atoms with van der Waals surface area (Å²) in [6, 6.07) is 0. The zero-order valence-corrected chi connectivity index (χ0v) is 7.10. The summed E-state index contributed by atoms with van der Waals surface area (Å²) in [7, 11) is 0. The SMILES string of the molecule is CC(C)(C)SC(O)C(=O)O. The maximum Gasteiger partial charge on any atom is 0.343 e. The van der Waals surface area contributed by atoms with Crippen molar-refractivity contribution in [2.24, 2.45) is 0 Å². The molecule has 0 heterocycles. The minimum Gasteiger partial charge on any atom is -0.479 e. The molecule has 0 rings (SSSR count). The molecule has 0 amide bonds. The molecule has 0 aliphatic rings. The summed E-state index contributed by atoms with van der Waals surface area (Å²) < 4.78 is -0.211. The Labute approximate surface area is 64.4 Å². The Hall–Kier alpha value is -0.220. The zero-order chi connectivity index (χ0) is 8.36. The molecule has 0 aliphatic heterocycles. The number of aliphatic carboxylic acids is 1. The molecule has 1 atom stereocenters. The van der Waals surface area contributed by atoms with Crippen molar-refractivity contribution in [3.8, 4) is 0 Å². The summed E-state index contributed by atoms with van der Waals surface area (Å²) in [6.45, 7) is 5.55. The minimum atomic E-state index is -1.31. The van der Waals surface area contributed by atoms with E-state index in [1.807, 2.05) is 20.8 Å². The number of hydrogen-bond acceptors (Lipinski definition) is 3. The largest absolute Gasteiger partial charge is 0.479 e. The molecule has 3 nitrogen and oxygen atoms in total. The van der Waals surface area contributed by atoms with Gasteiger partial charge in [0.15, 0.2) is 5.44 Å². The van der Waals surface area contributed by atoms with Crippen LogP contribution in [0, 0.1) is 0 Å². The first-order chi connectivity index (χ1) is 4.33. The summed E-state index contributed by atoms with van der Waals surface area (Å²) >= 11 is 1.02. The molecule has 0 aromatic heterocycles. The first kappa shape index (κ1) is 9.78. The van der Waals surface area contributed by atoms with Crippen molar-refractivity contribution in [2.45, 2.75) is 31.0 Å². The topological polar surface area (TPSA) is 57.5 Å². The zero-order valence-electron chi connectivity index (χ0n) is 6.29. The van der Waals surface area contributed by atoms with E-state index in [1.165, 1.54) is 0 Å². The fourth-order valence-electron chi connectivity index (χ4n) is 0.385. The van der Waals surface area contributed by atoms with Crippen molar-refractivity contribution in [3.63, 3.8) is 0 Å². The van der Waals surface area contributed by atoms with Gasteiger partial charge in [-0.15, -0.1) is 11.8 Å². The number of carboxylic acid groups (broad SMARTS) is 1. The quantitative estimate of drug-likeness (QED) is 0.596. The molecule has 0 aliphatic carbocycles. The van der Waals surface area contributed by atoms with Crippen LogP contribution in [0.2, 0.25) is 0 Å². The highest BCUT2D eigenvalue weighted by molar-refractivity contribution is 8.01. The minimum absolute atomic E-state index is 0.211. The molecule has 60 valence electrons. The molecule has 10 heavy (non-hydrogen) atoms. The molecular formula is C6H12O3S. The molecule has 0 aromatic carbocycles. The van der Waals surface area contributed by atoms with Gasteiger partial charge in [-0.05, 0) is 0 Å². The number of hydrogen-bond donors (Lipinski definition) is 2. The van der Waals surface area contributed by atoms with Gasteiger partial charge in [-0.2, -0.15) is 0 Å². The Morgan fingerprint density at radius 2 is 1.90 bits per heavy atom. The molecule has 4 heteroatoms. The van der Waals surface area contributed by atoms with Gasteiger partial charge in [0.2, 0.25) is 0 Å². The van der Waals surface area contributed by atoms with Crippen LogP contribution in [0.1, 0.15) is 20.8 Å². The van der Waals surface area contributed by atoms with E-state index < -0.39 is 11.4 Å². The van der Waals surface area contributed by atoms with E-state index in [0.717, 1.165) is 11.8 Å². The van der Waals surface area contributed by atoms with Crippen LogP contribution < -0.4 is 0 Å². The van der Waals surface area contributed by atoms with E-state index in [0.29, 0.717) is 0 Å². The molecule has 2 N–H and O–H groups in total. The molecule has 0 saturated carbocycles. The average molecular weight is 164 g/mol. The van der Waals surface area contributed by atoms with Gasteiger partial charge in [0.25, 0.3) is 0 Å². The van der Waals surface area contributed by atoms with Gasteiger partial charge < -0.3 is 10.2 Å². The van der Waals surface area contributed by atoms with Crippen molar-refractivity contribution >= 4 is 17.7 Å². The number of aliphatic hydroxyl groups excluding tert-OH is 1. The number of carboxylic acids is 1. The molecule has 0 bridgehead atoms. The molecule has 0 saturated heterocycles. The van der Waals surface area contributed by atoms with Crippen molar-refractivity contribution in [3.05, 3.63) is 0 Å². The molecule has 0 aromatic rings. The fourth-order valence-corrected chi connectivity index (χ4v) is 1.16. The van der Waals surface area contributed by atoms with Crippen molar-refractivity contribution in [1.82, 2.24) is 0 Å². The highest BCUT2D eigenvalue weighted by Crippen LogP contribution is 2.26. The van der Waals surface area contributed by atoms with E-state index in [-0.39, 0.29) is 4.75 Å². The lowest BCUT2D eigenvalue weighted by Crippen LogP contribution is -2.22. The highest BCUT2D eigenvalue weighted by Gasteiger charge is 2.21. The van der Waals surface area contributed by atoms with Crippen LogP contribution in [-0.4, -0.2) is 26.4 Å². The predicted molar refractivity (Wildman–Crippen MR) is 41.0 cm³/mol. The first-order valence-corrected chi connectivity index (χ1v) is 3.79. The molecule has 1 unspecified atom stereocenters. The number of rotatable bonds is 2. The smallest absolute Gasteiger partial charge is 0.343 e. The first-order valence-electron chi connectivity index (χ1n) is 2.91. The number of carbonyl (C=O) groups is 1.